The van der Waals surface area contributed by atoms with Gasteiger partial charge in [-0.05, 0) is 12.1 Å². The Labute approximate surface area is 85.9 Å². The molecule has 2 rings (SSSR count). The maximum atomic E-state index is 12.3. The van der Waals surface area contributed by atoms with Crippen molar-refractivity contribution in [2.24, 2.45) is 4.99 Å². The van der Waals surface area contributed by atoms with Crippen LogP contribution in [0.15, 0.2) is 29.3 Å². The number of hydrogen-bond acceptors (Lipinski definition) is 3. The first-order valence-electron chi connectivity index (χ1n) is 4.36. The number of phenolic OH excluding ortho intramolecular Hbond substituents is 1. The molecule has 0 aliphatic carbocycles. The van der Waals surface area contributed by atoms with E-state index in [1.165, 1.54) is 11.8 Å². The van der Waals surface area contributed by atoms with Gasteiger partial charge in [0.25, 0.3) is 0 Å². The summed E-state index contributed by atoms with van der Waals surface area (Å²) in [6.07, 6.45) is 0. The minimum absolute atomic E-state index is 0.207. The lowest BCUT2D eigenvalue weighted by Crippen LogP contribution is -2.04. The van der Waals surface area contributed by atoms with E-state index in [0.29, 0.717) is 11.3 Å². The van der Waals surface area contributed by atoms with Crippen molar-refractivity contribution in [3.63, 3.8) is 0 Å². The van der Waals surface area contributed by atoms with Crippen molar-refractivity contribution in [1.82, 2.24) is 0 Å². The summed E-state index contributed by atoms with van der Waals surface area (Å²) in [7, 11) is 0. The molecule has 1 unspecified atom stereocenters. The Balaban J connectivity index is 2.28. The number of benzene rings is 1. The summed E-state index contributed by atoms with van der Waals surface area (Å²) in [5.41, 5.74) is 0.702. The van der Waals surface area contributed by atoms with E-state index in [9.17, 15) is 9.50 Å². The highest BCUT2D eigenvalue weighted by Gasteiger charge is 2.20. The van der Waals surface area contributed by atoms with Gasteiger partial charge in [0.1, 0.15) is 17.5 Å². The first kappa shape index (κ1) is 9.52. The number of rotatable bonds is 2. The van der Waals surface area contributed by atoms with E-state index in [-0.39, 0.29) is 11.8 Å². The molecule has 0 aromatic heterocycles. The molecule has 14 heavy (non-hydrogen) atoms. The zero-order valence-corrected chi connectivity index (χ0v) is 8.30. The number of nitrogens with zero attached hydrogens (tertiary/aromatic N) is 1. The normalized spacial score (nSPS) is 20.9. The maximum absolute atomic E-state index is 12.3. The fourth-order valence-corrected chi connectivity index (χ4v) is 2.36. The van der Waals surface area contributed by atoms with Gasteiger partial charge in [0.2, 0.25) is 0 Å². The van der Waals surface area contributed by atoms with E-state index >= 15 is 0 Å². The van der Waals surface area contributed by atoms with Crippen molar-refractivity contribution in [3.8, 4) is 5.75 Å². The molecular formula is C10H10FNOS. The van der Waals surface area contributed by atoms with Gasteiger partial charge >= 0.3 is 0 Å². The summed E-state index contributed by atoms with van der Waals surface area (Å²) in [6, 6.07) is 6.75. The Morgan fingerprint density at radius 1 is 1.50 bits per heavy atom. The zero-order valence-electron chi connectivity index (χ0n) is 7.48. The molecule has 1 aromatic carbocycles. The van der Waals surface area contributed by atoms with Gasteiger partial charge in [-0.2, -0.15) is 0 Å². The fourth-order valence-electron chi connectivity index (χ4n) is 1.30. The second-order valence-corrected chi connectivity index (χ2v) is 4.08. The average molecular weight is 211 g/mol. The van der Waals surface area contributed by atoms with Gasteiger partial charge in [-0.3, -0.25) is 4.99 Å². The molecule has 1 aliphatic rings. The maximum Gasteiger partial charge on any atom is 0.125 e. The van der Waals surface area contributed by atoms with Gasteiger partial charge in [-0.1, -0.05) is 12.1 Å². The highest BCUT2D eigenvalue weighted by Crippen LogP contribution is 2.28. The van der Waals surface area contributed by atoms with Crippen molar-refractivity contribution in [2.75, 3.05) is 12.4 Å². The van der Waals surface area contributed by atoms with Crippen LogP contribution in [0.3, 0.4) is 0 Å². The molecule has 1 aromatic rings. The number of alkyl halides is 1. The largest absolute Gasteiger partial charge is 0.507 e. The SMILES string of the molecule is Oc1ccccc1C1=NC(CF)CS1. The van der Waals surface area contributed by atoms with E-state index in [1.807, 2.05) is 6.07 Å². The second kappa shape index (κ2) is 4.00. The predicted molar refractivity (Wildman–Crippen MR) is 56.9 cm³/mol. The minimum Gasteiger partial charge on any atom is -0.507 e. The van der Waals surface area contributed by atoms with E-state index in [4.69, 9.17) is 0 Å². The van der Waals surface area contributed by atoms with E-state index < -0.39 is 6.67 Å². The molecular weight excluding hydrogens is 201 g/mol. The van der Waals surface area contributed by atoms with E-state index in [2.05, 4.69) is 4.99 Å². The van der Waals surface area contributed by atoms with E-state index in [1.54, 1.807) is 18.2 Å². The van der Waals surface area contributed by atoms with Crippen molar-refractivity contribution < 1.29 is 9.50 Å². The van der Waals surface area contributed by atoms with Gasteiger partial charge in [0.05, 0.1) is 6.04 Å². The van der Waals surface area contributed by atoms with Crippen LogP contribution in [0.5, 0.6) is 5.75 Å². The monoisotopic (exact) mass is 211 g/mol. The first-order valence-corrected chi connectivity index (χ1v) is 5.34. The summed E-state index contributed by atoms with van der Waals surface area (Å²) in [5, 5.41) is 10.3. The number of aliphatic imine (C=N–C) groups is 1. The number of halogens is 1. The van der Waals surface area contributed by atoms with Crippen LogP contribution in [0.4, 0.5) is 4.39 Å². The molecule has 0 fully saturated rings. The third kappa shape index (κ3) is 1.75. The zero-order chi connectivity index (χ0) is 9.97. The molecule has 2 nitrogen and oxygen atoms in total. The van der Waals surface area contributed by atoms with Gasteiger partial charge in [-0.15, -0.1) is 11.8 Å². The number of aromatic hydroxyl groups is 1. The summed E-state index contributed by atoms with van der Waals surface area (Å²) in [6.45, 7) is -0.426. The molecule has 0 saturated carbocycles. The van der Waals surface area contributed by atoms with Crippen LogP contribution < -0.4 is 0 Å². The van der Waals surface area contributed by atoms with Gasteiger partial charge in [0, 0.05) is 11.3 Å². The third-order valence-corrected chi connectivity index (χ3v) is 3.18. The molecule has 1 atom stereocenters. The number of hydrogen-bond donors (Lipinski definition) is 1. The highest BCUT2D eigenvalue weighted by atomic mass is 32.2. The Hall–Kier alpha value is -1.03. The Bertz CT molecular complexity index is 367. The van der Waals surface area contributed by atoms with Crippen LogP contribution in [0, 0.1) is 0 Å². The minimum atomic E-state index is -0.426. The molecule has 4 heteroatoms. The van der Waals surface area contributed by atoms with Crippen molar-refractivity contribution in [1.29, 1.82) is 0 Å². The average Bonchev–Trinajstić information content (AvgIpc) is 2.67. The molecule has 74 valence electrons. The standard InChI is InChI=1S/C10H10FNOS/c11-5-7-6-14-10(12-7)8-3-1-2-4-9(8)13/h1-4,7,13H,5-6H2. The second-order valence-electron chi connectivity index (χ2n) is 3.07. The molecule has 1 heterocycles. The van der Waals surface area contributed by atoms with Crippen molar-refractivity contribution >= 4 is 16.8 Å². The predicted octanol–water partition coefficient (Wildman–Crippen LogP) is 2.22. The fraction of sp³-hybridized carbons (Fsp3) is 0.300. The summed E-state index contributed by atoms with van der Waals surface area (Å²) in [4.78, 5) is 4.18. The molecule has 0 saturated heterocycles. The first-order chi connectivity index (χ1) is 6.81. The molecule has 0 amide bonds. The van der Waals surface area contributed by atoms with Gasteiger partial charge < -0.3 is 5.11 Å². The Kier molecular flexibility index (Phi) is 2.72. The number of para-hydroxylation sites is 1. The van der Waals surface area contributed by atoms with Gasteiger partial charge in [-0.25, -0.2) is 4.39 Å². The third-order valence-electron chi connectivity index (χ3n) is 2.02. The van der Waals surface area contributed by atoms with Crippen molar-refractivity contribution in [2.45, 2.75) is 6.04 Å². The smallest absolute Gasteiger partial charge is 0.125 e. The van der Waals surface area contributed by atoms with Crippen LogP contribution in [-0.2, 0) is 0 Å². The molecule has 0 spiro atoms. The topological polar surface area (TPSA) is 32.6 Å². The van der Waals surface area contributed by atoms with Crippen LogP contribution in [-0.4, -0.2) is 28.6 Å². The quantitative estimate of drug-likeness (QED) is 0.813. The van der Waals surface area contributed by atoms with Crippen LogP contribution in [0.1, 0.15) is 5.56 Å². The highest BCUT2D eigenvalue weighted by molar-refractivity contribution is 8.14. The number of phenols is 1. The van der Waals surface area contributed by atoms with E-state index in [0.717, 1.165) is 5.04 Å². The van der Waals surface area contributed by atoms with Crippen LogP contribution in [0.25, 0.3) is 0 Å². The van der Waals surface area contributed by atoms with Crippen LogP contribution >= 0.6 is 11.8 Å². The summed E-state index contributed by atoms with van der Waals surface area (Å²) in [5.74, 6) is 0.874. The number of thioether (sulfide) groups is 1. The lowest BCUT2D eigenvalue weighted by Gasteiger charge is -2.01. The summed E-state index contributed by atoms with van der Waals surface area (Å²) < 4.78 is 12.3. The molecule has 0 bridgehead atoms. The van der Waals surface area contributed by atoms with Crippen LogP contribution in [0.2, 0.25) is 0 Å². The Morgan fingerprint density at radius 2 is 2.29 bits per heavy atom. The lowest BCUT2D eigenvalue weighted by molar-refractivity contribution is 0.452. The van der Waals surface area contributed by atoms with Crippen molar-refractivity contribution in [3.05, 3.63) is 29.8 Å². The molecule has 1 aliphatic heterocycles. The molecule has 1 N–H and O–H groups in total. The summed E-state index contributed by atoms with van der Waals surface area (Å²) >= 11 is 1.49. The van der Waals surface area contributed by atoms with Gasteiger partial charge in [0.15, 0.2) is 0 Å². The lowest BCUT2D eigenvalue weighted by atomic mass is 10.2. The molecule has 0 radical (unpaired) electrons. The Morgan fingerprint density at radius 3 is 2.93 bits per heavy atom.